The van der Waals surface area contributed by atoms with E-state index < -0.39 is 10.0 Å². The van der Waals surface area contributed by atoms with E-state index >= 15 is 0 Å². The number of amides is 1. The topological polar surface area (TPSA) is 66.5 Å². The highest BCUT2D eigenvalue weighted by Crippen LogP contribution is 2.28. The quantitative estimate of drug-likeness (QED) is 0.868. The minimum Gasteiger partial charge on any atom is -0.346 e. The summed E-state index contributed by atoms with van der Waals surface area (Å²) in [5.74, 6) is -0.504. The van der Waals surface area contributed by atoms with Crippen LogP contribution in [0.15, 0.2) is 42.5 Å². The number of nitrogens with one attached hydrogen (secondary N) is 1. The lowest BCUT2D eigenvalue weighted by Crippen LogP contribution is -2.38. The van der Waals surface area contributed by atoms with Gasteiger partial charge in [0.2, 0.25) is 10.0 Å². The molecule has 1 aliphatic heterocycles. The third kappa shape index (κ3) is 4.30. The van der Waals surface area contributed by atoms with Gasteiger partial charge in [-0.25, -0.2) is 12.8 Å². The Kier molecular flexibility index (Phi) is 5.51. The zero-order valence-electron chi connectivity index (χ0n) is 15.4. The van der Waals surface area contributed by atoms with Crippen molar-refractivity contribution in [1.29, 1.82) is 0 Å². The molecule has 1 atom stereocenters. The van der Waals surface area contributed by atoms with Gasteiger partial charge in [0.15, 0.2) is 0 Å². The molecule has 0 radical (unpaired) electrons. The Morgan fingerprint density at radius 2 is 1.85 bits per heavy atom. The molecule has 2 aromatic carbocycles. The van der Waals surface area contributed by atoms with Gasteiger partial charge in [-0.15, -0.1) is 0 Å². The lowest BCUT2D eigenvalue weighted by atomic mass is 10.1. The van der Waals surface area contributed by atoms with Gasteiger partial charge in [0.05, 0.1) is 17.5 Å². The first-order chi connectivity index (χ1) is 12.8. The summed E-state index contributed by atoms with van der Waals surface area (Å²) in [7, 11) is -3.35. The van der Waals surface area contributed by atoms with Crippen molar-refractivity contribution >= 4 is 21.6 Å². The van der Waals surface area contributed by atoms with Crippen LogP contribution in [0.5, 0.6) is 0 Å². The summed E-state index contributed by atoms with van der Waals surface area (Å²) in [6.07, 6.45) is 1.46. The molecule has 0 spiro atoms. The van der Waals surface area contributed by atoms with E-state index in [1.807, 2.05) is 13.8 Å². The number of rotatable bonds is 4. The fourth-order valence-electron chi connectivity index (χ4n) is 3.19. The zero-order chi connectivity index (χ0) is 19.6. The lowest BCUT2D eigenvalue weighted by Gasteiger charge is -2.29. The largest absolute Gasteiger partial charge is 0.346 e. The number of halogens is 1. The third-order valence-corrected chi connectivity index (χ3v) is 6.66. The summed E-state index contributed by atoms with van der Waals surface area (Å²) < 4.78 is 39.3. The minimum absolute atomic E-state index is 0.129. The number of carbonyl (C=O) groups excluding carboxylic acids is 1. The van der Waals surface area contributed by atoms with Crippen molar-refractivity contribution in [3.05, 3.63) is 65.0 Å². The van der Waals surface area contributed by atoms with Gasteiger partial charge in [-0.1, -0.05) is 18.2 Å². The average molecular weight is 390 g/mol. The highest BCUT2D eigenvalue weighted by molar-refractivity contribution is 7.92. The van der Waals surface area contributed by atoms with E-state index in [0.29, 0.717) is 24.2 Å². The summed E-state index contributed by atoms with van der Waals surface area (Å²) in [5.41, 5.74) is 2.54. The molecule has 1 heterocycles. The van der Waals surface area contributed by atoms with Crippen LogP contribution in [0.3, 0.4) is 0 Å². The molecule has 2 aromatic rings. The van der Waals surface area contributed by atoms with Gasteiger partial charge in [0.1, 0.15) is 5.82 Å². The van der Waals surface area contributed by atoms with Gasteiger partial charge in [-0.05, 0) is 62.1 Å². The molecular weight excluding hydrogens is 367 g/mol. The molecule has 1 aliphatic rings. The van der Waals surface area contributed by atoms with Gasteiger partial charge in [-0.2, -0.15) is 0 Å². The van der Waals surface area contributed by atoms with Crippen LogP contribution in [-0.2, 0) is 10.0 Å². The van der Waals surface area contributed by atoms with E-state index in [4.69, 9.17) is 0 Å². The number of aryl methyl sites for hydroxylation is 1. The van der Waals surface area contributed by atoms with Crippen LogP contribution < -0.4 is 9.62 Å². The first-order valence-corrected chi connectivity index (χ1v) is 10.6. The molecule has 1 saturated heterocycles. The Bertz CT molecular complexity index is 942. The Labute approximate surface area is 159 Å². The molecule has 1 N–H and O–H groups in total. The molecule has 0 aromatic heterocycles. The molecule has 3 rings (SSSR count). The summed E-state index contributed by atoms with van der Waals surface area (Å²) in [4.78, 5) is 12.6. The molecule has 0 saturated carbocycles. The maximum atomic E-state index is 13.1. The van der Waals surface area contributed by atoms with Gasteiger partial charge in [0, 0.05) is 12.1 Å². The van der Waals surface area contributed by atoms with Crippen LogP contribution in [0, 0.1) is 12.7 Å². The molecule has 0 aliphatic carbocycles. The average Bonchev–Trinajstić information content (AvgIpc) is 2.62. The molecule has 27 heavy (non-hydrogen) atoms. The normalized spacial score (nSPS) is 17.4. The number of hydrogen-bond donors (Lipinski definition) is 1. The molecule has 5 nitrogen and oxygen atoms in total. The third-order valence-electron chi connectivity index (χ3n) is 4.81. The number of sulfonamides is 1. The van der Waals surface area contributed by atoms with Gasteiger partial charge >= 0.3 is 0 Å². The summed E-state index contributed by atoms with van der Waals surface area (Å²) in [6.45, 7) is 4.08. The van der Waals surface area contributed by atoms with E-state index in [1.165, 1.54) is 16.4 Å². The van der Waals surface area contributed by atoms with Crippen LogP contribution in [-0.4, -0.2) is 26.6 Å². The zero-order valence-corrected chi connectivity index (χ0v) is 16.2. The van der Waals surface area contributed by atoms with Crippen LogP contribution >= 0.6 is 0 Å². The van der Waals surface area contributed by atoms with Crippen molar-refractivity contribution in [3.63, 3.8) is 0 Å². The highest BCUT2D eigenvalue weighted by atomic mass is 32.2. The SMILES string of the molecule is Cc1ccc(C(=O)NC(C)c2ccc(F)cc2)cc1N1CCCCS1(=O)=O. The predicted molar refractivity (Wildman–Crippen MR) is 104 cm³/mol. The minimum atomic E-state index is -3.35. The van der Waals surface area contributed by atoms with Crippen LogP contribution in [0.25, 0.3) is 0 Å². The first kappa shape index (κ1) is 19.4. The van der Waals surface area contributed by atoms with E-state index in [9.17, 15) is 17.6 Å². The van der Waals surface area contributed by atoms with Crippen molar-refractivity contribution in [2.45, 2.75) is 32.7 Å². The molecule has 1 unspecified atom stereocenters. The summed E-state index contributed by atoms with van der Waals surface area (Å²) in [5, 5.41) is 2.87. The standard InChI is InChI=1S/C20H23FN2O3S/c1-14-5-6-17(13-19(14)23-11-3-4-12-27(23,25)26)20(24)22-15(2)16-7-9-18(21)10-8-16/h5-10,13,15H,3-4,11-12H2,1-2H3,(H,22,24). The van der Waals surface area contributed by atoms with Crippen LogP contribution in [0.2, 0.25) is 0 Å². The second-order valence-corrected chi connectivity index (χ2v) is 8.86. The van der Waals surface area contributed by atoms with Crippen molar-refractivity contribution in [3.8, 4) is 0 Å². The van der Waals surface area contributed by atoms with E-state index in [-0.39, 0.29) is 23.5 Å². The number of nitrogens with zero attached hydrogens (tertiary/aromatic N) is 1. The van der Waals surface area contributed by atoms with E-state index in [0.717, 1.165) is 17.5 Å². The number of carbonyl (C=O) groups is 1. The smallest absolute Gasteiger partial charge is 0.251 e. The van der Waals surface area contributed by atoms with Crippen LogP contribution in [0.4, 0.5) is 10.1 Å². The predicted octanol–water partition coefficient (Wildman–Crippen LogP) is 3.56. The van der Waals surface area contributed by atoms with E-state index in [2.05, 4.69) is 5.32 Å². The monoisotopic (exact) mass is 390 g/mol. The summed E-state index contributed by atoms with van der Waals surface area (Å²) in [6, 6.07) is 10.7. The molecule has 0 bridgehead atoms. The van der Waals surface area contributed by atoms with Crippen molar-refractivity contribution < 1.29 is 17.6 Å². The highest BCUT2D eigenvalue weighted by Gasteiger charge is 2.27. The maximum Gasteiger partial charge on any atom is 0.251 e. The first-order valence-electron chi connectivity index (χ1n) is 8.95. The molecule has 1 fully saturated rings. The van der Waals surface area contributed by atoms with Crippen molar-refractivity contribution in [2.24, 2.45) is 0 Å². The molecular formula is C20H23FN2O3S. The number of anilines is 1. The Balaban J connectivity index is 1.82. The van der Waals surface area contributed by atoms with Crippen molar-refractivity contribution in [2.75, 3.05) is 16.6 Å². The maximum absolute atomic E-state index is 13.1. The second kappa shape index (κ2) is 7.68. The number of hydrogen-bond acceptors (Lipinski definition) is 3. The molecule has 144 valence electrons. The van der Waals surface area contributed by atoms with Gasteiger partial charge in [0.25, 0.3) is 5.91 Å². The second-order valence-electron chi connectivity index (χ2n) is 6.84. The fraction of sp³-hybridized carbons (Fsp3) is 0.350. The summed E-state index contributed by atoms with van der Waals surface area (Å²) >= 11 is 0. The Morgan fingerprint density at radius 3 is 2.52 bits per heavy atom. The Morgan fingerprint density at radius 1 is 1.15 bits per heavy atom. The fourth-order valence-corrected chi connectivity index (χ4v) is 4.89. The number of benzene rings is 2. The van der Waals surface area contributed by atoms with Crippen molar-refractivity contribution in [1.82, 2.24) is 5.32 Å². The lowest BCUT2D eigenvalue weighted by molar-refractivity contribution is 0.0940. The van der Waals surface area contributed by atoms with E-state index in [1.54, 1.807) is 30.3 Å². The van der Waals surface area contributed by atoms with Gasteiger partial charge < -0.3 is 5.32 Å². The molecule has 1 amide bonds. The van der Waals surface area contributed by atoms with Gasteiger partial charge in [-0.3, -0.25) is 9.10 Å². The Hall–Kier alpha value is -2.41. The molecule has 7 heteroatoms. The van der Waals surface area contributed by atoms with Crippen LogP contribution in [0.1, 0.15) is 47.3 Å².